The van der Waals surface area contributed by atoms with E-state index in [2.05, 4.69) is 45.1 Å². The number of fused-ring (bicyclic) bond motifs is 1. The molecule has 0 aromatic carbocycles. The second-order valence-electron chi connectivity index (χ2n) is 7.52. The SMILES string of the molecule is CC1C2CC(C(C)(C)C)CC=C2C(C#N)=C(N)C1(C#N)C#N. The van der Waals surface area contributed by atoms with Gasteiger partial charge in [0, 0.05) is 5.92 Å². The van der Waals surface area contributed by atoms with Gasteiger partial charge in [-0.3, -0.25) is 0 Å². The van der Waals surface area contributed by atoms with E-state index in [0.29, 0.717) is 11.5 Å². The van der Waals surface area contributed by atoms with Gasteiger partial charge in [0.15, 0.2) is 5.41 Å². The highest BCUT2D eigenvalue weighted by Gasteiger charge is 2.52. The summed E-state index contributed by atoms with van der Waals surface area (Å²) in [7, 11) is 0. The molecule has 4 heteroatoms. The monoisotopic (exact) mass is 294 g/mol. The van der Waals surface area contributed by atoms with Gasteiger partial charge in [0.2, 0.25) is 0 Å². The van der Waals surface area contributed by atoms with Crippen molar-refractivity contribution in [2.75, 3.05) is 0 Å². The molecule has 0 aromatic heterocycles. The fourth-order valence-electron chi connectivity index (χ4n) is 3.79. The molecule has 3 atom stereocenters. The summed E-state index contributed by atoms with van der Waals surface area (Å²) in [6, 6.07) is 6.32. The van der Waals surface area contributed by atoms with Gasteiger partial charge in [-0.05, 0) is 35.7 Å². The van der Waals surface area contributed by atoms with Gasteiger partial charge in [0.25, 0.3) is 0 Å². The molecule has 22 heavy (non-hydrogen) atoms. The highest BCUT2D eigenvalue weighted by atomic mass is 14.7. The Bertz CT molecular complexity index is 656. The van der Waals surface area contributed by atoms with Crippen LogP contribution >= 0.6 is 0 Å². The fourth-order valence-corrected chi connectivity index (χ4v) is 3.79. The van der Waals surface area contributed by atoms with Crippen molar-refractivity contribution in [2.45, 2.75) is 40.5 Å². The third-order valence-electron chi connectivity index (χ3n) is 5.52. The van der Waals surface area contributed by atoms with Crippen molar-refractivity contribution >= 4 is 0 Å². The van der Waals surface area contributed by atoms with Crippen LogP contribution in [-0.4, -0.2) is 0 Å². The van der Waals surface area contributed by atoms with Gasteiger partial charge < -0.3 is 5.73 Å². The summed E-state index contributed by atoms with van der Waals surface area (Å²) in [4.78, 5) is 0. The first-order valence-electron chi connectivity index (χ1n) is 7.66. The van der Waals surface area contributed by atoms with Gasteiger partial charge in [-0.15, -0.1) is 0 Å². The third kappa shape index (κ3) is 2.10. The second-order valence-corrected chi connectivity index (χ2v) is 7.52. The Morgan fingerprint density at radius 1 is 1.23 bits per heavy atom. The molecule has 0 radical (unpaired) electrons. The predicted octanol–water partition coefficient (Wildman–Crippen LogP) is 3.40. The van der Waals surface area contributed by atoms with E-state index < -0.39 is 5.41 Å². The maximum absolute atomic E-state index is 9.60. The minimum Gasteiger partial charge on any atom is -0.399 e. The van der Waals surface area contributed by atoms with Gasteiger partial charge in [-0.1, -0.05) is 33.8 Å². The number of nitrogens with zero attached hydrogens (tertiary/aromatic N) is 3. The first kappa shape index (κ1) is 16.1. The normalized spacial score (nSPS) is 30.4. The lowest BCUT2D eigenvalue weighted by Gasteiger charge is -2.45. The zero-order valence-electron chi connectivity index (χ0n) is 13.6. The minimum absolute atomic E-state index is 0.0409. The number of rotatable bonds is 0. The summed E-state index contributed by atoms with van der Waals surface area (Å²) in [6.07, 6.45) is 3.90. The molecule has 4 nitrogen and oxygen atoms in total. The minimum atomic E-state index is -1.40. The molecule has 0 aliphatic heterocycles. The van der Waals surface area contributed by atoms with Gasteiger partial charge in [0.1, 0.15) is 6.07 Å². The number of hydrogen-bond donors (Lipinski definition) is 1. The van der Waals surface area contributed by atoms with Crippen molar-refractivity contribution in [1.82, 2.24) is 0 Å². The average molecular weight is 294 g/mol. The Labute approximate surface area is 132 Å². The van der Waals surface area contributed by atoms with Gasteiger partial charge in [-0.25, -0.2) is 0 Å². The Hall–Kier alpha value is -2.25. The molecule has 2 aliphatic carbocycles. The lowest BCUT2D eigenvalue weighted by atomic mass is 9.56. The van der Waals surface area contributed by atoms with E-state index in [9.17, 15) is 15.8 Å². The van der Waals surface area contributed by atoms with E-state index in [1.807, 2.05) is 6.92 Å². The molecule has 0 spiro atoms. The van der Waals surface area contributed by atoms with Crippen LogP contribution in [0.3, 0.4) is 0 Å². The van der Waals surface area contributed by atoms with Crippen LogP contribution in [0.5, 0.6) is 0 Å². The van der Waals surface area contributed by atoms with Crippen molar-refractivity contribution in [3.05, 3.63) is 22.9 Å². The molecule has 2 rings (SSSR count). The summed E-state index contributed by atoms with van der Waals surface area (Å²) >= 11 is 0. The van der Waals surface area contributed by atoms with E-state index >= 15 is 0 Å². The molecule has 2 N–H and O–H groups in total. The molecule has 0 saturated heterocycles. The summed E-state index contributed by atoms with van der Waals surface area (Å²) in [5, 5.41) is 28.7. The molecule has 3 unspecified atom stereocenters. The van der Waals surface area contributed by atoms with Crippen LogP contribution in [0.4, 0.5) is 0 Å². The summed E-state index contributed by atoms with van der Waals surface area (Å²) in [6.45, 7) is 8.54. The van der Waals surface area contributed by atoms with E-state index in [-0.39, 0.29) is 22.9 Å². The Kier molecular flexibility index (Phi) is 3.80. The van der Waals surface area contributed by atoms with Crippen molar-refractivity contribution < 1.29 is 0 Å². The Balaban J connectivity index is 2.62. The number of nitrogens with two attached hydrogens (primary N) is 1. The average Bonchev–Trinajstić information content (AvgIpc) is 2.48. The number of allylic oxidation sites excluding steroid dienone is 4. The quantitative estimate of drug-likeness (QED) is 0.740. The van der Waals surface area contributed by atoms with E-state index in [0.717, 1.165) is 18.4 Å². The molecule has 0 aromatic rings. The van der Waals surface area contributed by atoms with Crippen molar-refractivity contribution in [1.29, 1.82) is 15.8 Å². The molecule has 0 saturated carbocycles. The molecule has 0 fully saturated rings. The molecule has 2 aliphatic rings. The maximum atomic E-state index is 9.60. The molecular formula is C18H22N4. The lowest BCUT2D eigenvalue weighted by molar-refractivity contribution is 0.151. The van der Waals surface area contributed by atoms with Gasteiger partial charge >= 0.3 is 0 Å². The van der Waals surface area contributed by atoms with E-state index in [4.69, 9.17) is 5.73 Å². The summed E-state index contributed by atoms with van der Waals surface area (Å²) in [5.41, 5.74) is 6.25. The van der Waals surface area contributed by atoms with Gasteiger partial charge in [-0.2, -0.15) is 15.8 Å². The van der Waals surface area contributed by atoms with Crippen LogP contribution in [0.15, 0.2) is 22.9 Å². The molecule has 0 heterocycles. The largest absolute Gasteiger partial charge is 0.399 e. The Morgan fingerprint density at radius 3 is 2.27 bits per heavy atom. The van der Waals surface area contributed by atoms with Gasteiger partial charge in [0.05, 0.1) is 23.4 Å². The van der Waals surface area contributed by atoms with Crippen molar-refractivity contribution in [3.8, 4) is 18.2 Å². The zero-order chi connectivity index (χ0) is 16.7. The van der Waals surface area contributed by atoms with Crippen LogP contribution in [0.1, 0.15) is 40.5 Å². The number of hydrogen-bond acceptors (Lipinski definition) is 4. The third-order valence-corrected chi connectivity index (χ3v) is 5.52. The lowest BCUT2D eigenvalue weighted by Crippen LogP contribution is -2.44. The first-order valence-corrected chi connectivity index (χ1v) is 7.66. The number of nitriles is 3. The Morgan fingerprint density at radius 2 is 1.82 bits per heavy atom. The molecule has 0 amide bonds. The summed E-state index contributed by atoms with van der Waals surface area (Å²) < 4.78 is 0. The standard InChI is InChI=1S/C18H22N4/c1-11-14-7-12(17(2,3)4)5-6-13(14)15(8-19)16(22)18(11,9-20)10-21/h6,11-12,14H,5,7,22H2,1-4H3. The van der Waals surface area contributed by atoms with Crippen LogP contribution in [0, 0.1) is 62.6 Å². The van der Waals surface area contributed by atoms with Crippen LogP contribution in [-0.2, 0) is 0 Å². The topological polar surface area (TPSA) is 97.4 Å². The van der Waals surface area contributed by atoms with Crippen LogP contribution < -0.4 is 5.73 Å². The van der Waals surface area contributed by atoms with Crippen molar-refractivity contribution in [2.24, 2.45) is 34.3 Å². The van der Waals surface area contributed by atoms with E-state index in [1.54, 1.807) is 0 Å². The molecular weight excluding hydrogens is 272 g/mol. The first-order chi connectivity index (χ1) is 10.2. The van der Waals surface area contributed by atoms with Crippen molar-refractivity contribution in [3.63, 3.8) is 0 Å². The maximum Gasteiger partial charge on any atom is 0.187 e. The second kappa shape index (κ2) is 5.19. The highest BCUT2D eigenvalue weighted by molar-refractivity contribution is 5.56. The van der Waals surface area contributed by atoms with E-state index in [1.165, 1.54) is 0 Å². The van der Waals surface area contributed by atoms with Crippen LogP contribution in [0.25, 0.3) is 0 Å². The van der Waals surface area contributed by atoms with Crippen LogP contribution in [0.2, 0.25) is 0 Å². The summed E-state index contributed by atoms with van der Waals surface area (Å²) in [5.74, 6) is 0.299. The highest BCUT2D eigenvalue weighted by Crippen LogP contribution is 2.53. The smallest absolute Gasteiger partial charge is 0.187 e. The fraction of sp³-hybridized carbons (Fsp3) is 0.611. The molecule has 114 valence electrons. The predicted molar refractivity (Wildman–Crippen MR) is 83.4 cm³/mol. The zero-order valence-corrected chi connectivity index (χ0v) is 13.6. The molecule has 0 bridgehead atoms.